The van der Waals surface area contributed by atoms with Crippen LogP contribution < -0.4 is 11.1 Å². The smallest absolute Gasteiger partial charge is 0.268 e. The lowest BCUT2D eigenvalue weighted by Crippen LogP contribution is -2.49. The molecule has 4 N–H and O–H groups in total. The average molecular weight is 263 g/mol. The topological polar surface area (TPSA) is 80.3 Å². The Labute approximate surface area is 112 Å². The van der Waals surface area contributed by atoms with Crippen molar-refractivity contribution in [1.82, 2.24) is 9.88 Å². The second-order valence-corrected chi connectivity index (χ2v) is 5.90. The predicted octanol–water partition coefficient (Wildman–Crippen LogP) is 1.44. The van der Waals surface area contributed by atoms with Crippen molar-refractivity contribution in [2.75, 3.05) is 12.3 Å². The fraction of sp³-hybridized carbons (Fsp3) is 0.643. The zero-order valence-corrected chi connectivity index (χ0v) is 11.1. The van der Waals surface area contributed by atoms with Crippen molar-refractivity contribution in [3.8, 4) is 0 Å². The first-order valence-electron chi connectivity index (χ1n) is 7.04. The van der Waals surface area contributed by atoms with E-state index in [1.54, 1.807) is 6.07 Å². The lowest BCUT2D eigenvalue weighted by atomic mass is 9.99. The van der Waals surface area contributed by atoms with Gasteiger partial charge in [0.2, 0.25) is 0 Å². The van der Waals surface area contributed by atoms with Gasteiger partial charge in [-0.3, -0.25) is 4.79 Å². The fourth-order valence-corrected chi connectivity index (χ4v) is 3.02. The highest BCUT2D eigenvalue weighted by atomic mass is 16.3. The molecule has 0 aliphatic heterocycles. The third-order valence-electron chi connectivity index (χ3n) is 4.28. The van der Waals surface area contributed by atoms with Crippen molar-refractivity contribution in [2.45, 2.75) is 50.1 Å². The van der Waals surface area contributed by atoms with E-state index in [2.05, 4.69) is 5.32 Å². The van der Waals surface area contributed by atoms with Crippen molar-refractivity contribution in [2.24, 2.45) is 0 Å². The minimum atomic E-state index is -0.426. The molecule has 0 spiro atoms. The van der Waals surface area contributed by atoms with Gasteiger partial charge in [0.05, 0.1) is 17.8 Å². The van der Waals surface area contributed by atoms with Gasteiger partial charge in [-0.25, -0.2) is 0 Å². The Hall–Kier alpha value is -1.49. The molecule has 2 fully saturated rings. The Morgan fingerprint density at radius 3 is 2.74 bits per heavy atom. The maximum Gasteiger partial charge on any atom is 0.268 e. The predicted molar refractivity (Wildman–Crippen MR) is 72.9 cm³/mol. The first-order chi connectivity index (χ1) is 9.13. The molecule has 3 rings (SSSR count). The standard InChI is InChI=1S/C14H21N3O2/c15-10-7-12(17(8-10)11-3-4-11)13(19)16-14(9-18)5-1-2-6-14/h7-8,11,18H,1-6,9,15H2,(H,16,19). The van der Waals surface area contributed by atoms with Crippen LogP contribution in [0.1, 0.15) is 55.1 Å². The number of hydrogen-bond donors (Lipinski definition) is 3. The molecule has 5 heteroatoms. The van der Waals surface area contributed by atoms with E-state index in [1.165, 1.54) is 0 Å². The summed E-state index contributed by atoms with van der Waals surface area (Å²) in [4.78, 5) is 12.4. The van der Waals surface area contributed by atoms with Crippen LogP contribution >= 0.6 is 0 Å². The number of amides is 1. The Balaban J connectivity index is 1.80. The maximum absolute atomic E-state index is 12.4. The molecule has 0 saturated heterocycles. The van der Waals surface area contributed by atoms with Crippen LogP contribution in [0.25, 0.3) is 0 Å². The molecule has 0 unspecified atom stereocenters. The molecule has 2 aliphatic carbocycles. The van der Waals surface area contributed by atoms with Crippen LogP contribution in [0.5, 0.6) is 0 Å². The first-order valence-corrected chi connectivity index (χ1v) is 7.04. The maximum atomic E-state index is 12.4. The third-order valence-corrected chi connectivity index (χ3v) is 4.28. The van der Waals surface area contributed by atoms with E-state index in [4.69, 9.17) is 5.73 Å². The van der Waals surface area contributed by atoms with Gasteiger partial charge >= 0.3 is 0 Å². The molecule has 1 amide bonds. The molecule has 19 heavy (non-hydrogen) atoms. The van der Waals surface area contributed by atoms with Gasteiger partial charge in [-0.15, -0.1) is 0 Å². The normalized spacial score (nSPS) is 21.5. The summed E-state index contributed by atoms with van der Waals surface area (Å²) in [6, 6.07) is 2.15. The van der Waals surface area contributed by atoms with Crippen LogP contribution in [0.15, 0.2) is 12.3 Å². The number of nitrogens with one attached hydrogen (secondary N) is 1. The van der Waals surface area contributed by atoms with Gasteiger partial charge in [-0.1, -0.05) is 12.8 Å². The van der Waals surface area contributed by atoms with E-state index in [0.717, 1.165) is 38.5 Å². The molecule has 104 valence electrons. The summed E-state index contributed by atoms with van der Waals surface area (Å²) >= 11 is 0. The van der Waals surface area contributed by atoms with Crippen LogP contribution in [0.4, 0.5) is 5.69 Å². The van der Waals surface area contributed by atoms with E-state index >= 15 is 0 Å². The number of nitrogens with two attached hydrogens (primary N) is 1. The molecule has 2 aliphatic rings. The summed E-state index contributed by atoms with van der Waals surface area (Å²) < 4.78 is 1.98. The number of aliphatic hydroxyl groups excluding tert-OH is 1. The molecular formula is C14H21N3O2. The Kier molecular flexibility index (Phi) is 3.01. The van der Waals surface area contributed by atoms with Crippen molar-refractivity contribution in [3.05, 3.63) is 18.0 Å². The number of aromatic nitrogens is 1. The molecule has 1 heterocycles. The summed E-state index contributed by atoms with van der Waals surface area (Å²) in [6.07, 6.45) is 7.90. The van der Waals surface area contributed by atoms with Crippen molar-refractivity contribution in [1.29, 1.82) is 0 Å². The monoisotopic (exact) mass is 263 g/mol. The average Bonchev–Trinajstić information content (AvgIpc) is 3.01. The highest BCUT2D eigenvalue weighted by Gasteiger charge is 2.36. The van der Waals surface area contributed by atoms with Crippen LogP contribution in [-0.4, -0.2) is 27.7 Å². The second-order valence-electron chi connectivity index (χ2n) is 5.90. The van der Waals surface area contributed by atoms with Crippen molar-refractivity contribution >= 4 is 11.6 Å². The lowest BCUT2D eigenvalue weighted by molar-refractivity contribution is 0.0829. The van der Waals surface area contributed by atoms with Gasteiger partial charge in [-0.2, -0.15) is 0 Å². The molecule has 2 saturated carbocycles. The molecule has 0 aromatic carbocycles. The van der Waals surface area contributed by atoms with Crippen LogP contribution in [0.3, 0.4) is 0 Å². The summed E-state index contributed by atoms with van der Waals surface area (Å²) in [5.41, 5.74) is 6.63. The summed E-state index contributed by atoms with van der Waals surface area (Å²) in [5.74, 6) is -0.112. The van der Waals surface area contributed by atoms with Gasteiger partial charge in [0.25, 0.3) is 5.91 Å². The zero-order valence-electron chi connectivity index (χ0n) is 11.1. The highest BCUT2D eigenvalue weighted by Crippen LogP contribution is 2.37. The fourth-order valence-electron chi connectivity index (χ4n) is 3.02. The van der Waals surface area contributed by atoms with E-state index in [1.807, 2.05) is 10.8 Å². The lowest BCUT2D eigenvalue weighted by Gasteiger charge is -2.28. The summed E-state index contributed by atoms with van der Waals surface area (Å²) in [7, 11) is 0. The quantitative estimate of drug-likeness (QED) is 0.769. The van der Waals surface area contributed by atoms with Crippen molar-refractivity contribution in [3.63, 3.8) is 0 Å². The van der Waals surface area contributed by atoms with E-state index in [9.17, 15) is 9.90 Å². The van der Waals surface area contributed by atoms with Crippen LogP contribution in [0.2, 0.25) is 0 Å². The number of aliphatic hydroxyl groups is 1. The Morgan fingerprint density at radius 1 is 1.47 bits per heavy atom. The Morgan fingerprint density at radius 2 is 2.16 bits per heavy atom. The van der Waals surface area contributed by atoms with Gasteiger partial charge in [-0.05, 0) is 31.7 Å². The summed E-state index contributed by atoms with van der Waals surface area (Å²) in [5, 5.41) is 12.6. The van der Waals surface area contributed by atoms with Crippen LogP contribution in [-0.2, 0) is 0 Å². The SMILES string of the molecule is Nc1cc(C(=O)NC2(CO)CCCC2)n(C2CC2)c1. The number of carbonyl (C=O) groups excluding carboxylic acids is 1. The number of hydrogen-bond acceptors (Lipinski definition) is 3. The van der Waals surface area contributed by atoms with Crippen molar-refractivity contribution < 1.29 is 9.90 Å². The van der Waals surface area contributed by atoms with Gasteiger partial charge in [0.1, 0.15) is 5.69 Å². The van der Waals surface area contributed by atoms with Gasteiger partial charge in [0.15, 0.2) is 0 Å². The molecule has 5 nitrogen and oxygen atoms in total. The van der Waals surface area contributed by atoms with Gasteiger partial charge < -0.3 is 20.7 Å². The van der Waals surface area contributed by atoms with Gasteiger partial charge in [0, 0.05) is 12.2 Å². The number of rotatable bonds is 4. The minimum absolute atomic E-state index is 0.0123. The minimum Gasteiger partial charge on any atom is -0.397 e. The van der Waals surface area contributed by atoms with E-state index in [-0.39, 0.29) is 12.5 Å². The molecule has 1 aromatic rings. The molecule has 0 atom stereocenters. The van der Waals surface area contributed by atoms with E-state index < -0.39 is 5.54 Å². The first kappa shape index (κ1) is 12.5. The number of anilines is 1. The Bertz CT molecular complexity index is 485. The summed E-state index contributed by atoms with van der Waals surface area (Å²) in [6.45, 7) is 0.0123. The van der Waals surface area contributed by atoms with Crippen LogP contribution in [0, 0.1) is 0 Å². The largest absolute Gasteiger partial charge is 0.397 e. The highest BCUT2D eigenvalue weighted by molar-refractivity contribution is 5.94. The molecule has 0 bridgehead atoms. The molecular weight excluding hydrogens is 242 g/mol. The third kappa shape index (κ3) is 2.34. The van der Waals surface area contributed by atoms with E-state index in [0.29, 0.717) is 17.4 Å². The number of carbonyl (C=O) groups is 1. The molecule has 1 aromatic heterocycles. The number of nitrogen functional groups attached to an aromatic ring is 1. The second kappa shape index (κ2) is 4.56. The molecule has 0 radical (unpaired) electrons. The number of nitrogens with zero attached hydrogens (tertiary/aromatic N) is 1. The zero-order chi connectivity index (χ0) is 13.5.